The van der Waals surface area contributed by atoms with Gasteiger partial charge in [-0.1, -0.05) is 0 Å². The first kappa shape index (κ1) is 13.3. The van der Waals surface area contributed by atoms with Crippen molar-refractivity contribution in [3.8, 4) is 0 Å². The summed E-state index contributed by atoms with van der Waals surface area (Å²) < 4.78 is 25.4. The Morgan fingerprint density at radius 1 is 1.53 bits per heavy atom. The van der Waals surface area contributed by atoms with Gasteiger partial charge in [0.2, 0.25) is 0 Å². The van der Waals surface area contributed by atoms with Gasteiger partial charge in [-0.3, -0.25) is 0 Å². The molecular weight excluding hydrogens is 234 g/mol. The Bertz CT molecular complexity index is 424. The van der Waals surface area contributed by atoms with E-state index < -0.39 is 25.0 Å². The Morgan fingerprint density at radius 2 is 2.18 bits per heavy atom. The number of rotatable bonds is 5. The number of aryl methyl sites for hydroxylation is 1. The van der Waals surface area contributed by atoms with Crippen molar-refractivity contribution >= 4 is 11.8 Å². The number of aromatic carboxylic acids is 1. The van der Waals surface area contributed by atoms with Crippen molar-refractivity contribution in [3.63, 3.8) is 0 Å². The smallest absolute Gasteiger partial charge is 0.337 e. The lowest BCUT2D eigenvalue weighted by molar-refractivity contribution is -0.0373. The van der Waals surface area contributed by atoms with Crippen molar-refractivity contribution in [2.24, 2.45) is 0 Å². The highest BCUT2D eigenvalue weighted by Gasteiger charge is 2.27. The molecule has 0 fully saturated rings. The molecule has 0 spiro atoms. The maximum Gasteiger partial charge on any atom is 0.337 e. The highest BCUT2D eigenvalue weighted by atomic mass is 19.3. The number of hydrogen-bond acceptors (Lipinski definition) is 4. The van der Waals surface area contributed by atoms with Crippen LogP contribution in [0.1, 0.15) is 16.1 Å². The molecule has 1 heterocycles. The molecule has 0 amide bonds. The van der Waals surface area contributed by atoms with E-state index in [1.54, 1.807) is 0 Å². The van der Waals surface area contributed by atoms with Crippen LogP contribution in [-0.2, 0) is 0 Å². The minimum absolute atomic E-state index is 0.0180. The number of halogens is 2. The zero-order valence-electron chi connectivity index (χ0n) is 9.07. The van der Waals surface area contributed by atoms with E-state index in [2.05, 4.69) is 10.3 Å². The van der Waals surface area contributed by atoms with E-state index in [1.165, 1.54) is 19.1 Å². The summed E-state index contributed by atoms with van der Waals surface area (Å²) in [6.45, 7) is -0.548. The Morgan fingerprint density at radius 3 is 2.65 bits per heavy atom. The van der Waals surface area contributed by atoms with Gasteiger partial charge in [0.05, 0.1) is 17.8 Å². The fourth-order valence-corrected chi connectivity index (χ4v) is 1.16. The van der Waals surface area contributed by atoms with Crippen molar-refractivity contribution in [2.75, 3.05) is 18.5 Å². The van der Waals surface area contributed by atoms with Gasteiger partial charge in [-0.05, 0) is 19.1 Å². The molecule has 0 bridgehead atoms. The van der Waals surface area contributed by atoms with E-state index in [4.69, 9.17) is 10.2 Å². The number of aliphatic hydroxyl groups is 1. The van der Waals surface area contributed by atoms with Crippen LogP contribution < -0.4 is 5.32 Å². The monoisotopic (exact) mass is 246 g/mol. The zero-order chi connectivity index (χ0) is 13.1. The van der Waals surface area contributed by atoms with E-state index in [0.29, 0.717) is 0 Å². The number of nitrogens with zero attached hydrogens (tertiary/aromatic N) is 1. The summed E-state index contributed by atoms with van der Waals surface area (Å²) >= 11 is 0. The molecule has 1 rings (SSSR count). The summed E-state index contributed by atoms with van der Waals surface area (Å²) in [6, 6.07) is 2.58. The van der Waals surface area contributed by atoms with E-state index in [1.807, 2.05) is 0 Å². The second-order valence-corrected chi connectivity index (χ2v) is 3.50. The van der Waals surface area contributed by atoms with Gasteiger partial charge in [-0.15, -0.1) is 0 Å². The summed E-state index contributed by atoms with van der Waals surface area (Å²) in [5.74, 6) is -4.22. The van der Waals surface area contributed by atoms with E-state index in [-0.39, 0.29) is 17.1 Å². The molecule has 0 aliphatic rings. The fraction of sp³-hybridized carbons (Fsp3) is 0.400. The number of aromatic nitrogens is 1. The molecule has 3 N–H and O–H groups in total. The average molecular weight is 246 g/mol. The van der Waals surface area contributed by atoms with E-state index in [9.17, 15) is 13.6 Å². The van der Waals surface area contributed by atoms with E-state index in [0.717, 1.165) is 0 Å². The maximum atomic E-state index is 12.7. The molecule has 7 heteroatoms. The quantitative estimate of drug-likeness (QED) is 0.725. The molecule has 17 heavy (non-hydrogen) atoms. The van der Waals surface area contributed by atoms with Crippen LogP contribution in [0.4, 0.5) is 14.6 Å². The Balaban J connectivity index is 2.75. The third-order valence-electron chi connectivity index (χ3n) is 2.08. The van der Waals surface area contributed by atoms with Crippen LogP contribution in [0.15, 0.2) is 12.1 Å². The van der Waals surface area contributed by atoms with Gasteiger partial charge in [0.15, 0.2) is 0 Å². The second kappa shape index (κ2) is 5.05. The van der Waals surface area contributed by atoms with Crippen molar-refractivity contribution in [1.82, 2.24) is 4.98 Å². The molecule has 0 atom stereocenters. The van der Waals surface area contributed by atoms with Gasteiger partial charge in [-0.25, -0.2) is 18.6 Å². The molecule has 0 aromatic carbocycles. The highest BCUT2D eigenvalue weighted by Crippen LogP contribution is 2.15. The third-order valence-corrected chi connectivity index (χ3v) is 2.08. The maximum absolute atomic E-state index is 12.7. The first-order valence-corrected chi connectivity index (χ1v) is 4.79. The van der Waals surface area contributed by atoms with Gasteiger partial charge in [0, 0.05) is 0 Å². The number of aliphatic hydroxyl groups excluding tert-OH is 1. The summed E-state index contributed by atoms with van der Waals surface area (Å²) in [5, 5.41) is 19.4. The van der Waals surface area contributed by atoms with Gasteiger partial charge in [0.1, 0.15) is 12.4 Å². The topological polar surface area (TPSA) is 82.5 Å². The lowest BCUT2D eigenvalue weighted by atomic mass is 10.2. The van der Waals surface area contributed by atoms with Crippen LogP contribution >= 0.6 is 0 Å². The highest BCUT2D eigenvalue weighted by molar-refractivity contribution is 5.89. The van der Waals surface area contributed by atoms with Crippen LogP contribution in [0.2, 0.25) is 0 Å². The molecule has 1 aromatic rings. The largest absolute Gasteiger partial charge is 0.478 e. The molecule has 0 unspecified atom stereocenters. The zero-order valence-corrected chi connectivity index (χ0v) is 9.07. The minimum atomic E-state index is -3.24. The predicted molar refractivity (Wildman–Crippen MR) is 56.5 cm³/mol. The lowest BCUT2D eigenvalue weighted by Crippen LogP contribution is -2.31. The molecule has 0 saturated carbocycles. The van der Waals surface area contributed by atoms with Crippen LogP contribution in [-0.4, -0.2) is 40.2 Å². The second-order valence-electron chi connectivity index (χ2n) is 3.50. The molecule has 5 nitrogen and oxygen atoms in total. The number of carboxylic acid groups (broad SMARTS) is 1. The Kier molecular flexibility index (Phi) is 3.95. The number of carbonyl (C=O) groups is 1. The number of carboxylic acids is 1. The summed E-state index contributed by atoms with van der Waals surface area (Å²) in [6.07, 6.45) is 0. The van der Waals surface area contributed by atoms with Crippen molar-refractivity contribution in [1.29, 1.82) is 0 Å². The van der Waals surface area contributed by atoms with Crippen molar-refractivity contribution in [2.45, 2.75) is 12.8 Å². The molecular formula is C10H12F2N2O3. The molecule has 0 aliphatic heterocycles. The summed E-state index contributed by atoms with van der Waals surface area (Å²) in [7, 11) is 0. The first-order chi connectivity index (χ1) is 7.85. The molecule has 0 saturated heterocycles. The molecule has 94 valence electrons. The molecule has 1 aromatic heterocycles. The van der Waals surface area contributed by atoms with Crippen LogP contribution in [0.5, 0.6) is 0 Å². The van der Waals surface area contributed by atoms with Gasteiger partial charge in [-0.2, -0.15) is 0 Å². The van der Waals surface area contributed by atoms with Gasteiger partial charge < -0.3 is 15.5 Å². The van der Waals surface area contributed by atoms with Crippen LogP contribution in [0, 0.1) is 6.92 Å². The average Bonchev–Trinajstić information content (AvgIpc) is 2.26. The first-order valence-electron chi connectivity index (χ1n) is 4.79. The van der Waals surface area contributed by atoms with Crippen molar-refractivity contribution < 1.29 is 23.8 Å². The minimum Gasteiger partial charge on any atom is -0.478 e. The Labute approximate surface area is 96.1 Å². The fourth-order valence-electron chi connectivity index (χ4n) is 1.16. The number of hydrogen-bond donors (Lipinski definition) is 3. The van der Waals surface area contributed by atoms with Crippen LogP contribution in [0.3, 0.4) is 0 Å². The molecule has 0 aliphatic carbocycles. The number of alkyl halides is 2. The number of nitrogens with one attached hydrogen (secondary N) is 1. The van der Waals surface area contributed by atoms with Gasteiger partial charge >= 0.3 is 5.97 Å². The number of anilines is 1. The predicted octanol–water partition coefficient (Wildman–Crippen LogP) is 1.13. The summed E-state index contributed by atoms with van der Waals surface area (Å²) in [5.41, 5.74) is 0.249. The number of pyridine rings is 1. The third kappa shape index (κ3) is 3.63. The normalized spacial score (nSPS) is 11.3. The summed E-state index contributed by atoms with van der Waals surface area (Å²) in [4.78, 5) is 14.5. The lowest BCUT2D eigenvalue weighted by Gasteiger charge is -2.14. The molecule has 0 radical (unpaired) electrons. The Hall–Kier alpha value is -1.76. The van der Waals surface area contributed by atoms with Crippen LogP contribution in [0.25, 0.3) is 0 Å². The SMILES string of the molecule is Cc1nc(NCC(F)(F)CO)ccc1C(=O)O. The van der Waals surface area contributed by atoms with Gasteiger partial charge in [0.25, 0.3) is 5.92 Å². The van der Waals surface area contributed by atoms with Crippen molar-refractivity contribution in [3.05, 3.63) is 23.4 Å². The van der Waals surface area contributed by atoms with E-state index >= 15 is 0 Å². The standard InChI is InChI=1S/C10H12F2N2O3/c1-6-7(9(16)17)2-3-8(14-6)13-4-10(11,12)5-15/h2-3,15H,4-5H2,1H3,(H,13,14)(H,16,17).